The fourth-order valence-corrected chi connectivity index (χ4v) is 4.91. The van der Waals surface area contributed by atoms with E-state index in [0.29, 0.717) is 12.1 Å². The molecule has 1 aromatic carbocycles. The Kier molecular flexibility index (Phi) is 4.48. The summed E-state index contributed by atoms with van der Waals surface area (Å²) in [5.41, 5.74) is 1.67. The summed E-state index contributed by atoms with van der Waals surface area (Å²) in [5.74, 6) is 0.970. The minimum Gasteiger partial charge on any atom is -0.485 e. The van der Waals surface area contributed by atoms with Gasteiger partial charge in [0.2, 0.25) is 0 Å². The first-order valence-electron chi connectivity index (χ1n) is 9.88. The fraction of sp³-hybridized carbons (Fsp3) is 0.667. The Morgan fingerprint density at radius 3 is 2.56 bits per heavy atom. The van der Waals surface area contributed by atoms with Crippen LogP contribution in [0.4, 0.5) is 0 Å². The predicted molar refractivity (Wildman–Crippen MR) is 99.1 cm³/mol. The van der Waals surface area contributed by atoms with Crippen LogP contribution in [-0.4, -0.2) is 42.1 Å². The van der Waals surface area contributed by atoms with Gasteiger partial charge in [0, 0.05) is 12.1 Å². The Hall–Kier alpha value is -1.55. The van der Waals surface area contributed by atoms with Gasteiger partial charge in [-0.1, -0.05) is 24.5 Å². The van der Waals surface area contributed by atoms with E-state index >= 15 is 0 Å². The van der Waals surface area contributed by atoms with Gasteiger partial charge in [0.1, 0.15) is 11.4 Å². The third kappa shape index (κ3) is 3.17. The minimum absolute atomic E-state index is 0.179. The summed E-state index contributed by atoms with van der Waals surface area (Å²) in [5, 5.41) is 3.41. The zero-order chi connectivity index (χ0) is 17.4. The first-order valence-corrected chi connectivity index (χ1v) is 9.88. The van der Waals surface area contributed by atoms with Crippen molar-refractivity contribution in [3.63, 3.8) is 0 Å². The van der Waals surface area contributed by atoms with Crippen molar-refractivity contribution in [1.29, 1.82) is 0 Å². The number of amides is 1. The monoisotopic (exact) mass is 342 g/mol. The van der Waals surface area contributed by atoms with Crippen molar-refractivity contribution in [1.82, 2.24) is 10.2 Å². The average molecular weight is 342 g/mol. The van der Waals surface area contributed by atoms with E-state index in [4.69, 9.17) is 4.74 Å². The molecule has 2 fully saturated rings. The molecule has 4 heteroatoms. The lowest BCUT2D eigenvalue weighted by atomic mass is 9.81. The van der Waals surface area contributed by atoms with Crippen molar-refractivity contribution in [2.75, 3.05) is 13.6 Å². The van der Waals surface area contributed by atoms with E-state index in [-0.39, 0.29) is 11.5 Å². The van der Waals surface area contributed by atoms with Gasteiger partial charge in [0.25, 0.3) is 5.91 Å². The summed E-state index contributed by atoms with van der Waals surface area (Å²) in [4.78, 5) is 15.5. The highest BCUT2D eigenvalue weighted by Gasteiger charge is 2.45. The molecule has 0 bridgehead atoms. The molecule has 0 saturated heterocycles. The highest BCUT2D eigenvalue weighted by Crippen LogP contribution is 2.40. The lowest BCUT2D eigenvalue weighted by Crippen LogP contribution is -2.53. The maximum atomic E-state index is 13.4. The van der Waals surface area contributed by atoms with Crippen LogP contribution in [0.5, 0.6) is 5.75 Å². The molecule has 1 N–H and O–H groups in total. The Morgan fingerprint density at radius 2 is 1.88 bits per heavy atom. The van der Waals surface area contributed by atoms with Crippen LogP contribution in [0.3, 0.4) is 0 Å². The summed E-state index contributed by atoms with van der Waals surface area (Å²) < 4.78 is 6.60. The van der Waals surface area contributed by atoms with Gasteiger partial charge in [-0.2, -0.15) is 0 Å². The normalized spacial score (nSPS) is 30.2. The second kappa shape index (κ2) is 6.64. The molecule has 1 amide bonds. The molecular weight excluding hydrogens is 312 g/mol. The van der Waals surface area contributed by atoms with Crippen LogP contribution in [0.25, 0.3) is 0 Å². The summed E-state index contributed by atoms with van der Waals surface area (Å²) in [7, 11) is 2.04. The molecule has 0 radical (unpaired) electrons. The molecule has 1 aromatic rings. The van der Waals surface area contributed by atoms with Gasteiger partial charge in [0.15, 0.2) is 0 Å². The van der Waals surface area contributed by atoms with E-state index in [0.717, 1.165) is 61.9 Å². The zero-order valence-corrected chi connectivity index (χ0v) is 15.5. The SMILES string of the molecule is CNC1CCC2(CC1)CN(C1CCCC1)C(=O)c1cc(C)ccc1O2. The Bertz CT molecular complexity index is 643. The number of fused-ring (bicyclic) bond motifs is 1. The van der Waals surface area contributed by atoms with Gasteiger partial charge in [-0.3, -0.25) is 4.79 Å². The van der Waals surface area contributed by atoms with E-state index in [9.17, 15) is 4.79 Å². The Balaban J connectivity index is 1.70. The average Bonchev–Trinajstić information content (AvgIpc) is 3.12. The number of nitrogens with one attached hydrogen (secondary N) is 1. The fourth-order valence-electron chi connectivity index (χ4n) is 4.91. The maximum absolute atomic E-state index is 13.4. The zero-order valence-electron chi connectivity index (χ0n) is 15.5. The van der Waals surface area contributed by atoms with Crippen molar-refractivity contribution in [3.05, 3.63) is 29.3 Å². The van der Waals surface area contributed by atoms with E-state index < -0.39 is 0 Å². The van der Waals surface area contributed by atoms with Gasteiger partial charge in [-0.05, 0) is 64.6 Å². The minimum atomic E-state index is -0.216. The molecule has 4 nitrogen and oxygen atoms in total. The second-order valence-corrected chi connectivity index (χ2v) is 8.22. The first-order chi connectivity index (χ1) is 12.1. The number of ether oxygens (including phenoxy) is 1. The summed E-state index contributed by atoms with van der Waals surface area (Å²) >= 11 is 0. The number of aryl methyl sites for hydroxylation is 1. The molecule has 3 aliphatic rings. The number of carbonyl (C=O) groups is 1. The van der Waals surface area contributed by atoms with Crippen LogP contribution in [0.15, 0.2) is 18.2 Å². The second-order valence-electron chi connectivity index (χ2n) is 8.22. The molecule has 0 unspecified atom stereocenters. The van der Waals surface area contributed by atoms with Crippen LogP contribution in [-0.2, 0) is 0 Å². The molecule has 1 heterocycles. The van der Waals surface area contributed by atoms with Crippen LogP contribution in [0.2, 0.25) is 0 Å². The number of nitrogens with zero attached hydrogens (tertiary/aromatic N) is 1. The summed E-state index contributed by atoms with van der Waals surface area (Å²) in [6, 6.07) is 7.04. The summed E-state index contributed by atoms with van der Waals surface area (Å²) in [6.07, 6.45) is 9.03. The number of hydrogen-bond acceptors (Lipinski definition) is 3. The first kappa shape index (κ1) is 16.9. The van der Waals surface area contributed by atoms with Gasteiger partial charge in [-0.15, -0.1) is 0 Å². The highest BCUT2D eigenvalue weighted by molar-refractivity contribution is 5.97. The number of benzene rings is 1. The summed E-state index contributed by atoms with van der Waals surface area (Å²) in [6.45, 7) is 2.80. The van der Waals surface area contributed by atoms with E-state index in [1.807, 2.05) is 26.1 Å². The quantitative estimate of drug-likeness (QED) is 0.891. The lowest BCUT2D eigenvalue weighted by molar-refractivity contribution is -0.00674. The van der Waals surface area contributed by atoms with Crippen LogP contribution in [0.1, 0.15) is 67.3 Å². The number of rotatable bonds is 2. The molecule has 2 aliphatic carbocycles. The molecule has 2 saturated carbocycles. The molecule has 1 aliphatic heterocycles. The molecule has 0 atom stereocenters. The largest absolute Gasteiger partial charge is 0.485 e. The van der Waals surface area contributed by atoms with Crippen molar-refractivity contribution in [2.24, 2.45) is 0 Å². The number of carbonyl (C=O) groups excluding carboxylic acids is 1. The maximum Gasteiger partial charge on any atom is 0.258 e. The highest BCUT2D eigenvalue weighted by atomic mass is 16.5. The van der Waals surface area contributed by atoms with Crippen LogP contribution in [0, 0.1) is 6.92 Å². The molecular formula is C21H30N2O2. The third-order valence-corrected chi connectivity index (χ3v) is 6.48. The van der Waals surface area contributed by atoms with E-state index in [1.165, 1.54) is 12.8 Å². The topological polar surface area (TPSA) is 41.6 Å². The molecule has 0 aromatic heterocycles. The number of hydrogen-bond donors (Lipinski definition) is 1. The molecule has 1 spiro atoms. The van der Waals surface area contributed by atoms with E-state index in [1.54, 1.807) is 0 Å². The Labute approximate surface area is 150 Å². The lowest BCUT2D eigenvalue weighted by Gasteiger charge is -2.42. The van der Waals surface area contributed by atoms with Crippen LogP contribution >= 0.6 is 0 Å². The van der Waals surface area contributed by atoms with Gasteiger partial charge >= 0.3 is 0 Å². The third-order valence-electron chi connectivity index (χ3n) is 6.48. The Morgan fingerprint density at radius 1 is 1.16 bits per heavy atom. The van der Waals surface area contributed by atoms with Gasteiger partial charge in [-0.25, -0.2) is 0 Å². The predicted octanol–water partition coefficient (Wildman–Crippen LogP) is 3.67. The van der Waals surface area contributed by atoms with Gasteiger partial charge < -0.3 is 15.0 Å². The van der Waals surface area contributed by atoms with Crippen molar-refractivity contribution >= 4 is 5.91 Å². The molecule has 25 heavy (non-hydrogen) atoms. The van der Waals surface area contributed by atoms with Crippen molar-refractivity contribution in [3.8, 4) is 5.75 Å². The standard InChI is InChI=1S/C21H30N2O2/c1-15-7-8-19-18(13-15)20(24)23(17-5-3-4-6-17)14-21(25-19)11-9-16(22-2)10-12-21/h7-8,13,16-17,22H,3-6,9-12,14H2,1-2H3. The molecule has 4 rings (SSSR count). The van der Waals surface area contributed by atoms with Gasteiger partial charge in [0.05, 0.1) is 12.1 Å². The van der Waals surface area contributed by atoms with Crippen molar-refractivity contribution < 1.29 is 9.53 Å². The van der Waals surface area contributed by atoms with Crippen LogP contribution < -0.4 is 10.1 Å². The van der Waals surface area contributed by atoms with Crippen molar-refractivity contribution in [2.45, 2.75) is 76.0 Å². The molecule has 136 valence electrons. The smallest absolute Gasteiger partial charge is 0.258 e. The van der Waals surface area contributed by atoms with E-state index in [2.05, 4.69) is 16.3 Å².